The molecule has 30 heavy (non-hydrogen) atoms. The van der Waals surface area contributed by atoms with Gasteiger partial charge in [0.25, 0.3) is 5.69 Å². The zero-order chi connectivity index (χ0) is 20.8. The second-order valence-electron chi connectivity index (χ2n) is 7.14. The van der Waals surface area contributed by atoms with Crippen molar-refractivity contribution < 1.29 is 18.4 Å². The van der Waals surface area contributed by atoms with E-state index in [4.69, 9.17) is 9.84 Å². The summed E-state index contributed by atoms with van der Waals surface area (Å²) in [7, 11) is 0. The highest BCUT2D eigenvalue weighted by Gasteiger charge is 2.41. The van der Waals surface area contributed by atoms with Crippen molar-refractivity contribution in [1.82, 2.24) is 5.01 Å². The Bertz CT molecular complexity index is 1180. The zero-order valence-electron chi connectivity index (χ0n) is 15.5. The number of benzene rings is 3. The normalized spacial score (nSPS) is 19.5. The number of non-ortho nitro benzene ring substituents is 1. The predicted octanol–water partition coefficient (Wildman–Crippen LogP) is 5.12. The maximum absolute atomic E-state index is 13.9. The van der Waals surface area contributed by atoms with Crippen molar-refractivity contribution in [3.63, 3.8) is 0 Å². The maximum atomic E-state index is 13.9. The van der Waals surface area contributed by atoms with Gasteiger partial charge in [0.2, 0.25) is 6.23 Å². The third-order valence-electron chi connectivity index (χ3n) is 5.32. The standard InChI is InChI=1S/C22H15F2N3O3/c23-17-8-6-14(10-18(17)24)22-26-20(12-19(25-26)13-4-2-1-3-5-13)16-11-15(27(28)29)7-9-21(16)30-22/h1-11,20,22H,12H2. The molecule has 2 aliphatic rings. The van der Waals surface area contributed by atoms with Crippen molar-refractivity contribution in [2.45, 2.75) is 18.7 Å². The van der Waals surface area contributed by atoms with Gasteiger partial charge in [0.1, 0.15) is 5.75 Å². The lowest BCUT2D eigenvalue weighted by molar-refractivity contribution is -0.385. The smallest absolute Gasteiger partial charge is 0.270 e. The molecule has 6 nitrogen and oxygen atoms in total. The molecule has 3 aromatic carbocycles. The minimum Gasteiger partial charge on any atom is -0.464 e. The first-order valence-electron chi connectivity index (χ1n) is 9.32. The molecule has 0 aromatic heterocycles. The van der Waals surface area contributed by atoms with Crippen LogP contribution in [0.3, 0.4) is 0 Å². The summed E-state index contributed by atoms with van der Waals surface area (Å²) in [5.74, 6) is -1.47. The molecule has 0 amide bonds. The van der Waals surface area contributed by atoms with Crippen LogP contribution in [0.4, 0.5) is 14.5 Å². The number of halogens is 2. The molecule has 2 heterocycles. The number of hydrazone groups is 1. The molecule has 2 aliphatic heterocycles. The van der Waals surface area contributed by atoms with Crippen LogP contribution in [0.5, 0.6) is 5.75 Å². The number of ether oxygens (including phenoxy) is 1. The van der Waals surface area contributed by atoms with Crippen molar-refractivity contribution in [2.75, 3.05) is 0 Å². The van der Waals surface area contributed by atoms with E-state index in [1.165, 1.54) is 24.3 Å². The fraction of sp³-hybridized carbons (Fsp3) is 0.136. The van der Waals surface area contributed by atoms with Crippen molar-refractivity contribution in [3.05, 3.63) is 105 Å². The average molecular weight is 407 g/mol. The third-order valence-corrected chi connectivity index (χ3v) is 5.32. The summed E-state index contributed by atoms with van der Waals surface area (Å²) < 4.78 is 33.4. The Balaban J connectivity index is 1.62. The van der Waals surface area contributed by atoms with E-state index in [1.54, 1.807) is 5.01 Å². The molecule has 0 aliphatic carbocycles. The first-order chi connectivity index (χ1) is 14.5. The number of nitro groups is 1. The molecule has 8 heteroatoms. The molecule has 0 fully saturated rings. The zero-order valence-corrected chi connectivity index (χ0v) is 15.5. The van der Waals surface area contributed by atoms with E-state index in [0.717, 1.165) is 23.4 Å². The Morgan fingerprint density at radius 3 is 2.57 bits per heavy atom. The SMILES string of the molecule is O=[N+]([O-])c1ccc2c(c1)C1CC(c3ccccc3)=NN1C(c1ccc(F)c(F)c1)O2. The van der Waals surface area contributed by atoms with Crippen LogP contribution in [0, 0.1) is 21.7 Å². The van der Waals surface area contributed by atoms with Gasteiger partial charge in [0, 0.05) is 29.7 Å². The van der Waals surface area contributed by atoms with Crippen molar-refractivity contribution in [1.29, 1.82) is 0 Å². The fourth-order valence-corrected chi connectivity index (χ4v) is 3.88. The second-order valence-corrected chi connectivity index (χ2v) is 7.14. The Morgan fingerprint density at radius 1 is 1.03 bits per heavy atom. The van der Waals surface area contributed by atoms with Gasteiger partial charge in [-0.3, -0.25) is 10.1 Å². The van der Waals surface area contributed by atoms with Crippen molar-refractivity contribution >= 4 is 11.4 Å². The molecule has 3 aromatic rings. The molecule has 0 saturated carbocycles. The molecule has 0 saturated heterocycles. The summed E-state index contributed by atoms with van der Waals surface area (Å²) in [5, 5.41) is 17.6. The summed E-state index contributed by atoms with van der Waals surface area (Å²) in [5.41, 5.74) is 2.70. The van der Waals surface area contributed by atoms with Gasteiger partial charge in [-0.2, -0.15) is 5.10 Å². The molecule has 150 valence electrons. The van der Waals surface area contributed by atoms with E-state index in [2.05, 4.69) is 0 Å². The van der Waals surface area contributed by atoms with Crippen LogP contribution >= 0.6 is 0 Å². The Morgan fingerprint density at radius 2 is 1.83 bits per heavy atom. The largest absolute Gasteiger partial charge is 0.464 e. The van der Waals surface area contributed by atoms with Crippen molar-refractivity contribution in [3.8, 4) is 5.75 Å². The summed E-state index contributed by atoms with van der Waals surface area (Å²) in [4.78, 5) is 10.8. The maximum Gasteiger partial charge on any atom is 0.270 e. The minimum absolute atomic E-state index is 0.0447. The highest BCUT2D eigenvalue weighted by molar-refractivity contribution is 6.01. The van der Waals surface area contributed by atoms with Crippen LogP contribution in [0.2, 0.25) is 0 Å². The molecule has 0 spiro atoms. The number of hydrogen-bond acceptors (Lipinski definition) is 5. The Labute approximate surface area is 170 Å². The van der Waals surface area contributed by atoms with Gasteiger partial charge in [-0.25, -0.2) is 13.8 Å². The van der Waals surface area contributed by atoms with Gasteiger partial charge < -0.3 is 4.74 Å². The van der Waals surface area contributed by atoms with E-state index in [0.29, 0.717) is 23.3 Å². The van der Waals surface area contributed by atoms with Crippen LogP contribution in [-0.4, -0.2) is 15.6 Å². The number of hydrogen-bond donors (Lipinski definition) is 0. The third kappa shape index (κ3) is 2.97. The van der Waals surface area contributed by atoms with Crippen LogP contribution < -0.4 is 4.74 Å². The average Bonchev–Trinajstić information content (AvgIpc) is 3.21. The summed E-state index contributed by atoms with van der Waals surface area (Å²) >= 11 is 0. The first kappa shape index (κ1) is 18.2. The summed E-state index contributed by atoms with van der Waals surface area (Å²) in [6.45, 7) is 0. The lowest BCUT2D eigenvalue weighted by Crippen LogP contribution is -2.33. The topological polar surface area (TPSA) is 68.0 Å². The predicted molar refractivity (Wildman–Crippen MR) is 105 cm³/mol. The lowest BCUT2D eigenvalue weighted by atomic mass is 9.95. The molecular formula is C22H15F2N3O3. The molecule has 0 N–H and O–H groups in total. The van der Waals surface area contributed by atoms with E-state index in [9.17, 15) is 18.9 Å². The van der Waals surface area contributed by atoms with Gasteiger partial charge in [-0.1, -0.05) is 36.4 Å². The quantitative estimate of drug-likeness (QED) is 0.447. The van der Waals surface area contributed by atoms with Gasteiger partial charge in [0.15, 0.2) is 11.6 Å². The molecule has 5 rings (SSSR count). The van der Waals surface area contributed by atoms with Crippen LogP contribution in [-0.2, 0) is 0 Å². The highest BCUT2D eigenvalue weighted by atomic mass is 19.2. The minimum atomic E-state index is -0.978. The van der Waals surface area contributed by atoms with E-state index >= 15 is 0 Å². The van der Waals surface area contributed by atoms with Crippen LogP contribution in [0.25, 0.3) is 0 Å². The first-order valence-corrected chi connectivity index (χ1v) is 9.32. The molecule has 2 atom stereocenters. The molecular weight excluding hydrogens is 392 g/mol. The van der Waals surface area contributed by atoms with Crippen molar-refractivity contribution in [2.24, 2.45) is 5.10 Å². The number of nitrogens with zero attached hydrogens (tertiary/aromatic N) is 3. The van der Waals surface area contributed by atoms with E-state index in [1.807, 2.05) is 30.3 Å². The molecule has 2 unspecified atom stereocenters. The van der Waals surface area contributed by atoms with Crippen LogP contribution in [0.15, 0.2) is 71.8 Å². The summed E-state index contributed by atoms with van der Waals surface area (Å²) in [6, 6.07) is 17.2. The van der Waals surface area contributed by atoms with E-state index in [-0.39, 0.29) is 11.7 Å². The van der Waals surface area contributed by atoms with Crippen LogP contribution in [0.1, 0.15) is 35.4 Å². The van der Waals surface area contributed by atoms with Gasteiger partial charge >= 0.3 is 0 Å². The Hall–Kier alpha value is -3.81. The van der Waals surface area contributed by atoms with Gasteiger partial charge in [-0.05, 0) is 23.8 Å². The Kier molecular flexibility index (Phi) is 4.20. The van der Waals surface area contributed by atoms with Gasteiger partial charge in [-0.15, -0.1) is 0 Å². The highest BCUT2D eigenvalue weighted by Crippen LogP contribution is 2.48. The lowest BCUT2D eigenvalue weighted by Gasteiger charge is -2.38. The number of nitro benzene ring substituents is 1. The molecule has 0 bridgehead atoms. The monoisotopic (exact) mass is 407 g/mol. The summed E-state index contributed by atoms with van der Waals surface area (Å²) in [6.07, 6.45) is -0.290. The number of fused-ring (bicyclic) bond motifs is 3. The molecule has 0 radical (unpaired) electrons. The number of rotatable bonds is 3. The second kappa shape index (κ2) is 6.91. The van der Waals surface area contributed by atoms with Gasteiger partial charge in [0.05, 0.1) is 16.7 Å². The fourth-order valence-electron chi connectivity index (χ4n) is 3.88. The van der Waals surface area contributed by atoms with E-state index < -0.39 is 22.8 Å².